The third-order valence-corrected chi connectivity index (χ3v) is 7.93. The highest BCUT2D eigenvalue weighted by atomic mass is 35.5. The molecule has 0 radical (unpaired) electrons. The van der Waals surface area contributed by atoms with Crippen molar-refractivity contribution in [2.75, 3.05) is 24.5 Å². The van der Waals surface area contributed by atoms with Crippen LogP contribution in [0.5, 0.6) is 0 Å². The van der Waals surface area contributed by atoms with E-state index in [4.69, 9.17) is 16.6 Å². The van der Waals surface area contributed by atoms with E-state index in [2.05, 4.69) is 23.1 Å². The molecule has 1 fully saturated rings. The smallest absolute Gasteiger partial charge is 0.350 e. The predicted molar refractivity (Wildman–Crippen MR) is 171 cm³/mol. The van der Waals surface area contributed by atoms with E-state index in [0.717, 1.165) is 22.4 Å². The van der Waals surface area contributed by atoms with Crippen molar-refractivity contribution in [3.05, 3.63) is 94.2 Å². The summed E-state index contributed by atoms with van der Waals surface area (Å²) in [6.07, 6.45) is 5.42. The maximum absolute atomic E-state index is 14.2. The van der Waals surface area contributed by atoms with E-state index >= 15 is 0 Å². The van der Waals surface area contributed by atoms with Gasteiger partial charge in [0.2, 0.25) is 5.91 Å². The van der Waals surface area contributed by atoms with Gasteiger partial charge in [0.15, 0.2) is 5.65 Å². The van der Waals surface area contributed by atoms with Crippen molar-refractivity contribution in [3.63, 3.8) is 0 Å². The minimum Gasteiger partial charge on any atom is -0.350 e. The van der Waals surface area contributed by atoms with E-state index in [1.54, 1.807) is 35.1 Å². The van der Waals surface area contributed by atoms with Crippen LogP contribution in [0.4, 0.5) is 5.82 Å². The fraction of sp³-hybridized carbons (Fsp3) is 0.303. The van der Waals surface area contributed by atoms with Crippen LogP contribution in [0.3, 0.4) is 0 Å². The molecule has 0 aliphatic carbocycles. The lowest BCUT2D eigenvalue weighted by atomic mass is 10.0. The van der Waals surface area contributed by atoms with Gasteiger partial charge < -0.3 is 9.80 Å². The summed E-state index contributed by atoms with van der Waals surface area (Å²) >= 11 is 6.96. The summed E-state index contributed by atoms with van der Waals surface area (Å²) in [4.78, 5) is 44.2. The standard InChI is InChI=1S/C33H35ClN6O2/c1-7-22-12-10-11-13-24(22)29-26(34)18-25-31(39-17-16-38(19-21(39)6)27(41)9-3)37-33(42)40(32(25)36-29)30-23(8-2)14-15-35-28(30)20(4)5/h7,9-15,18,20-21H,1,3,8,16-17,19H2,2,4-6H3/t21-/m0/s1/i21D. The highest BCUT2D eigenvalue weighted by Crippen LogP contribution is 2.36. The molecule has 1 amide bonds. The van der Waals surface area contributed by atoms with Crippen LogP contribution < -0.4 is 10.6 Å². The summed E-state index contributed by atoms with van der Waals surface area (Å²) in [7, 11) is 0. The summed E-state index contributed by atoms with van der Waals surface area (Å²) in [5.41, 5.74) is 4.28. The van der Waals surface area contributed by atoms with Crippen LogP contribution in [0, 0.1) is 0 Å². The molecule has 5 rings (SSSR count). The van der Waals surface area contributed by atoms with Gasteiger partial charge >= 0.3 is 5.69 Å². The minimum atomic E-state index is -1.29. The average Bonchev–Trinajstić information content (AvgIpc) is 2.99. The summed E-state index contributed by atoms with van der Waals surface area (Å²) in [5, 5.41) is 0.889. The van der Waals surface area contributed by atoms with Gasteiger partial charge in [-0.05, 0) is 48.6 Å². The molecule has 4 aromatic rings. The third kappa shape index (κ3) is 5.11. The number of pyridine rings is 2. The second-order valence-electron chi connectivity index (χ2n) is 10.6. The van der Waals surface area contributed by atoms with Crippen molar-refractivity contribution in [1.29, 1.82) is 0 Å². The van der Waals surface area contributed by atoms with Crippen molar-refractivity contribution in [2.45, 2.75) is 46.1 Å². The van der Waals surface area contributed by atoms with Crippen LogP contribution in [-0.2, 0) is 11.2 Å². The number of amides is 1. The number of aryl methyl sites for hydroxylation is 1. The summed E-state index contributed by atoms with van der Waals surface area (Å²) in [6.45, 7) is 16.1. The molecule has 4 heterocycles. The van der Waals surface area contributed by atoms with Crippen LogP contribution in [0.25, 0.3) is 34.1 Å². The van der Waals surface area contributed by atoms with Crippen molar-refractivity contribution in [1.82, 2.24) is 24.4 Å². The van der Waals surface area contributed by atoms with E-state index in [-0.39, 0.29) is 24.9 Å². The Morgan fingerprint density at radius 1 is 1.21 bits per heavy atom. The molecular formula is C33H35ClN6O2. The zero-order valence-electron chi connectivity index (χ0n) is 25.4. The first-order valence-electron chi connectivity index (χ1n) is 14.5. The van der Waals surface area contributed by atoms with Crippen molar-refractivity contribution < 1.29 is 6.17 Å². The molecule has 1 saturated heterocycles. The first kappa shape index (κ1) is 27.8. The van der Waals surface area contributed by atoms with Crippen LogP contribution >= 0.6 is 11.6 Å². The fourth-order valence-electron chi connectivity index (χ4n) is 5.53. The van der Waals surface area contributed by atoms with Crippen LogP contribution in [0.15, 0.2) is 66.6 Å². The number of anilines is 1. The Kier molecular flexibility index (Phi) is 7.89. The molecule has 0 saturated carbocycles. The minimum absolute atomic E-state index is 0.0170. The first-order valence-corrected chi connectivity index (χ1v) is 14.4. The third-order valence-electron chi connectivity index (χ3n) is 7.64. The Hall–Kier alpha value is -4.30. The van der Waals surface area contributed by atoms with Gasteiger partial charge in [0.25, 0.3) is 0 Å². The molecule has 0 N–H and O–H groups in total. The fourth-order valence-corrected chi connectivity index (χ4v) is 5.78. The molecule has 0 unspecified atom stereocenters. The first-order chi connectivity index (χ1) is 20.5. The zero-order chi connectivity index (χ0) is 31.1. The SMILES string of the molecule is [2H][C@]1(C)CN(C(=O)C=C)CCN1c1nc(=O)n(-c2c(CC)ccnc2C(C)C)c2nc(-c3ccccc3C=C)c(Cl)cc12. The largest absolute Gasteiger partial charge is 0.355 e. The topological polar surface area (TPSA) is 84.2 Å². The molecule has 216 valence electrons. The van der Waals surface area contributed by atoms with Gasteiger partial charge in [0.1, 0.15) is 5.82 Å². The van der Waals surface area contributed by atoms with Gasteiger partial charge in [-0.25, -0.2) is 14.3 Å². The number of fused-ring (bicyclic) bond motifs is 1. The van der Waals surface area contributed by atoms with Crippen molar-refractivity contribution in [2.24, 2.45) is 0 Å². The monoisotopic (exact) mass is 583 g/mol. The molecular weight excluding hydrogens is 548 g/mol. The Morgan fingerprint density at radius 2 is 1.98 bits per heavy atom. The van der Waals surface area contributed by atoms with Gasteiger partial charge in [0.05, 0.1) is 28.9 Å². The number of aromatic nitrogens is 4. The van der Waals surface area contributed by atoms with Gasteiger partial charge in [-0.3, -0.25) is 9.78 Å². The molecule has 9 heteroatoms. The van der Waals surface area contributed by atoms with Gasteiger partial charge in [-0.1, -0.05) is 75.9 Å². The molecule has 0 spiro atoms. The molecule has 0 bridgehead atoms. The molecule has 8 nitrogen and oxygen atoms in total. The number of piperazine rings is 1. The number of carbonyl (C=O) groups is 1. The van der Waals surface area contributed by atoms with Crippen LogP contribution in [-0.4, -0.2) is 56.0 Å². The van der Waals surface area contributed by atoms with Crippen molar-refractivity contribution >= 4 is 40.4 Å². The zero-order valence-corrected chi connectivity index (χ0v) is 25.1. The quantitative estimate of drug-likeness (QED) is 0.246. The Balaban J connectivity index is 1.86. The van der Waals surface area contributed by atoms with Crippen molar-refractivity contribution in [3.8, 4) is 16.9 Å². The highest BCUT2D eigenvalue weighted by Gasteiger charge is 2.30. The Labute approximate surface area is 252 Å². The van der Waals surface area contributed by atoms with Crippen LogP contribution in [0.2, 0.25) is 5.02 Å². The van der Waals surface area contributed by atoms with E-state index in [0.29, 0.717) is 46.2 Å². The van der Waals surface area contributed by atoms with E-state index < -0.39 is 11.7 Å². The predicted octanol–water partition coefficient (Wildman–Crippen LogP) is 6.05. The lowest BCUT2D eigenvalue weighted by Gasteiger charge is -2.40. The summed E-state index contributed by atoms with van der Waals surface area (Å²) in [5.74, 6) is 0.0697. The van der Waals surface area contributed by atoms with Gasteiger partial charge in [-0.15, -0.1) is 0 Å². The Bertz CT molecular complexity index is 1820. The average molecular weight is 584 g/mol. The maximum Gasteiger partial charge on any atom is 0.355 e. The molecule has 1 aliphatic rings. The molecule has 1 aromatic carbocycles. The molecule has 42 heavy (non-hydrogen) atoms. The highest BCUT2D eigenvalue weighted by molar-refractivity contribution is 6.34. The number of hydrogen-bond donors (Lipinski definition) is 0. The number of carbonyl (C=O) groups excluding carboxylic acids is 1. The summed E-state index contributed by atoms with van der Waals surface area (Å²) in [6, 6.07) is 10.1. The Morgan fingerprint density at radius 3 is 2.64 bits per heavy atom. The second kappa shape index (κ2) is 11.9. The van der Waals surface area contributed by atoms with Gasteiger partial charge in [0, 0.05) is 37.4 Å². The number of halogens is 1. The van der Waals surface area contributed by atoms with Gasteiger partial charge in [-0.2, -0.15) is 4.98 Å². The number of nitrogens with zero attached hydrogens (tertiary/aromatic N) is 6. The van der Waals surface area contributed by atoms with E-state index in [9.17, 15) is 11.0 Å². The summed E-state index contributed by atoms with van der Waals surface area (Å²) < 4.78 is 10.7. The molecule has 1 aliphatic heterocycles. The van der Waals surface area contributed by atoms with Crippen LogP contribution in [0.1, 0.15) is 51.8 Å². The molecule has 1 atom stereocenters. The van der Waals surface area contributed by atoms with E-state index in [1.807, 2.05) is 51.1 Å². The van der Waals surface area contributed by atoms with E-state index in [1.165, 1.54) is 10.6 Å². The lowest BCUT2D eigenvalue weighted by molar-refractivity contribution is -0.126. The maximum atomic E-state index is 14.2. The second-order valence-corrected chi connectivity index (χ2v) is 11.0. The molecule has 3 aromatic heterocycles. The lowest BCUT2D eigenvalue weighted by Crippen LogP contribution is -2.54. The normalized spacial score (nSPS) is 17.4. The number of rotatable bonds is 7. The number of hydrogen-bond acceptors (Lipinski definition) is 6. The number of benzene rings is 1.